The van der Waals surface area contributed by atoms with E-state index >= 15 is 0 Å². The van der Waals surface area contributed by atoms with Crippen molar-refractivity contribution in [3.05, 3.63) is 0 Å². The predicted octanol–water partition coefficient (Wildman–Crippen LogP) is 2.67. The first-order valence-corrected chi connectivity index (χ1v) is 13.8. The van der Waals surface area contributed by atoms with Crippen LogP contribution in [0.4, 0.5) is 0 Å². The quantitative estimate of drug-likeness (QED) is 0.510. The second-order valence-electron chi connectivity index (χ2n) is 12.7. The molecule has 0 aromatic rings. The molecule has 1 unspecified atom stereocenters. The van der Waals surface area contributed by atoms with Crippen molar-refractivity contribution in [2.75, 3.05) is 34.4 Å². The number of rotatable bonds is 6. The highest BCUT2D eigenvalue weighted by molar-refractivity contribution is 5.67. The lowest BCUT2D eigenvalue weighted by atomic mass is 9.43. The van der Waals surface area contributed by atoms with Gasteiger partial charge >= 0.3 is 11.9 Å². The van der Waals surface area contributed by atoms with Crippen molar-refractivity contribution in [3.8, 4) is 0 Å². The number of ether oxygens (including phenoxy) is 5. The van der Waals surface area contributed by atoms with Gasteiger partial charge in [0, 0.05) is 83.3 Å². The van der Waals surface area contributed by atoms with E-state index in [9.17, 15) is 9.59 Å². The summed E-state index contributed by atoms with van der Waals surface area (Å²) in [7, 11) is 5.41. The lowest BCUT2D eigenvalue weighted by Crippen LogP contribution is -2.76. The summed E-state index contributed by atoms with van der Waals surface area (Å²) in [6.45, 7) is 9.61. The molecule has 1 aliphatic heterocycles. The van der Waals surface area contributed by atoms with Gasteiger partial charge < -0.3 is 23.7 Å². The van der Waals surface area contributed by atoms with Crippen molar-refractivity contribution < 1.29 is 33.3 Å². The zero-order valence-electron chi connectivity index (χ0n) is 22.8. The van der Waals surface area contributed by atoms with Gasteiger partial charge in [-0.3, -0.25) is 14.5 Å². The molecular weight excluding hydrogens is 462 g/mol. The van der Waals surface area contributed by atoms with E-state index in [0.717, 1.165) is 38.8 Å². The molecule has 1 spiro atoms. The SMILES string of the molecule is CCN1C[C@]2(C)CC[C@H](OC)[C@]34C1[C@H]([C@@H](OC(C)=O)[C@H]23)[C@@]1(OC)C[C@H](OC)[C@H]2C[C@@H]4[C@@H]1[C@H]2OC(C)=O. The van der Waals surface area contributed by atoms with Crippen LogP contribution in [0.15, 0.2) is 0 Å². The van der Waals surface area contributed by atoms with Gasteiger partial charge in [0.15, 0.2) is 0 Å². The normalized spacial score (nSPS) is 54.3. The van der Waals surface area contributed by atoms with Gasteiger partial charge in [0.05, 0.1) is 17.8 Å². The molecule has 6 fully saturated rings. The molecule has 5 saturated carbocycles. The van der Waals surface area contributed by atoms with Gasteiger partial charge in [-0.05, 0) is 37.1 Å². The fourth-order valence-electron chi connectivity index (χ4n) is 11.4. The molecule has 1 saturated heterocycles. The van der Waals surface area contributed by atoms with Crippen molar-refractivity contribution in [1.29, 1.82) is 0 Å². The summed E-state index contributed by atoms with van der Waals surface area (Å²) in [5.41, 5.74) is -0.828. The Morgan fingerprint density at radius 3 is 2.28 bits per heavy atom. The average Bonchev–Trinajstić information content (AvgIpc) is 3.23. The number of methoxy groups -OCH3 is 3. The van der Waals surface area contributed by atoms with Crippen LogP contribution in [-0.4, -0.2) is 87.3 Å². The van der Waals surface area contributed by atoms with E-state index in [0.29, 0.717) is 0 Å². The number of piperidine rings is 1. The predicted molar refractivity (Wildman–Crippen MR) is 130 cm³/mol. The van der Waals surface area contributed by atoms with E-state index in [2.05, 4.69) is 18.7 Å². The van der Waals surface area contributed by atoms with Gasteiger partial charge in [-0.2, -0.15) is 0 Å². The summed E-state index contributed by atoms with van der Waals surface area (Å²) in [5, 5.41) is 0. The molecule has 0 amide bonds. The van der Waals surface area contributed by atoms with Gasteiger partial charge in [-0.15, -0.1) is 0 Å². The van der Waals surface area contributed by atoms with Gasteiger partial charge in [-0.1, -0.05) is 13.8 Å². The Labute approximate surface area is 214 Å². The first kappa shape index (κ1) is 25.1. The number of likely N-dealkylation sites (tertiary alicyclic amines) is 1. The van der Waals surface area contributed by atoms with Gasteiger partial charge in [0.2, 0.25) is 0 Å². The minimum absolute atomic E-state index is 0.000348. The van der Waals surface area contributed by atoms with Crippen molar-refractivity contribution in [3.63, 3.8) is 0 Å². The summed E-state index contributed by atoms with van der Waals surface area (Å²) < 4.78 is 31.8. The van der Waals surface area contributed by atoms with Gasteiger partial charge in [0.1, 0.15) is 12.2 Å². The second-order valence-corrected chi connectivity index (χ2v) is 12.7. The van der Waals surface area contributed by atoms with Crippen molar-refractivity contribution in [2.24, 2.45) is 40.4 Å². The number of esters is 2. The minimum Gasteiger partial charge on any atom is -0.462 e. The van der Waals surface area contributed by atoms with Crippen molar-refractivity contribution >= 4 is 11.9 Å². The van der Waals surface area contributed by atoms with Crippen LogP contribution in [0.2, 0.25) is 0 Å². The summed E-state index contributed by atoms with van der Waals surface area (Å²) in [6.07, 6.45) is 3.08. The van der Waals surface area contributed by atoms with E-state index in [4.69, 9.17) is 23.7 Å². The van der Waals surface area contributed by atoms with Crippen LogP contribution in [0, 0.1) is 40.4 Å². The Bertz CT molecular complexity index is 943. The van der Waals surface area contributed by atoms with Gasteiger partial charge in [-0.25, -0.2) is 0 Å². The molecule has 6 aliphatic rings. The molecule has 0 aromatic heterocycles. The maximum atomic E-state index is 12.7. The molecule has 13 atom stereocenters. The highest BCUT2D eigenvalue weighted by atomic mass is 16.6. The molecule has 7 bridgehead atoms. The fourth-order valence-corrected chi connectivity index (χ4v) is 11.4. The zero-order valence-corrected chi connectivity index (χ0v) is 22.8. The molecule has 8 nitrogen and oxygen atoms in total. The summed E-state index contributed by atoms with van der Waals surface area (Å²) in [5.74, 6) is -0.0124. The van der Waals surface area contributed by atoms with E-state index in [-0.39, 0.29) is 82.8 Å². The van der Waals surface area contributed by atoms with Crippen LogP contribution in [0.25, 0.3) is 0 Å². The molecule has 0 N–H and O–H groups in total. The van der Waals surface area contributed by atoms with Crippen LogP contribution in [0.1, 0.15) is 53.4 Å². The van der Waals surface area contributed by atoms with E-state index in [1.165, 1.54) is 13.8 Å². The molecule has 1 heterocycles. The number of hydrogen-bond donors (Lipinski definition) is 0. The van der Waals surface area contributed by atoms with Crippen LogP contribution in [-0.2, 0) is 33.3 Å². The Hall–Kier alpha value is -1.22. The minimum atomic E-state index is -0.622. The number of carbonyl (C=O) groups is 2. The van der Waals surface area contributed by atoms with Crippen LogP contribution in [0.5, 0.6) is 0 Å². The van der Waals surface area contributed by atoms with Crippen LogP contribution < -0.4 is 0 Å². The number of fused-ring (bicyclic) bond motifs is 2. The molecule has 6 rings (SSSR count). The van der Waals surface area contributed by atoms with Gasteiger partial charge in [0.25, 0.3) is 0 Å². The van der Waals surface area contributed by atoms with E-state index in [1.54, 1.807) is 14.2 Å². The lowest BCUT2D eigenvalue weighted by Gasteiger charge is -2.69. The third kappa shape index (κ3) is 2.75. The first-order chi connectivity index (χ1) is 17.1. The molecule has 36 heavy (non-hydrogen) atoms. The van der Waals surface area contributed by atoms with Crippen LogP contribution >= 0.6 is 0 Å². The first-order valence-electron chi connectivity index (χ1n) is 13.8. The number of nitrogens with zero attached hydrogens (tertiary/aromatic N) is 1. The molecular formula is C28H43NO7. The Balaban J connectivity index is 1.65. The van der Waals surface area contributed by atoms with E-state index < -0.39 is 5.60 Å². The fraction of sp³-hybridized carbons (Fsp3) is 0.929. The molecule has 0 radical (unpaired) electrons. The maximum Gasteiger partial charge on any atom is 0.302 e. The number of carbonyl (C=O) groups excluding carboxylic acids is 2. The van der Waals surface area contributed by atoms with Crippen molar-refractivity contribution in [2.45, 2.75) is 89.4 Å². The molecule has 5 aliphatic carbocycles. The smallest absolute Gasteiger partial charge is 0.302 e. The third-order valence-electron chi connectivity index (χ3n) is 11.8. The summed E-state index contributed by atoms with van der Waals surface area (Å²) in [6, 6.07) is 0.170. The largest absolute Gasteiger partial charge is 0.462 e. The Kier molecular flexibility index (Phi) is 5.67. The second kappa shape index (κ2) is 8.14. The summed E-state index contributed by atoms with van der Waals surface area (Å²) >= 11 is 0. The highest BCUT2D eigenvalue weighted by Crippen LogP contribution is 2.80. The average molecular weight is 506 g/mol. The summed E-state index contributed by atoms with van der Waals surface area (Å²) in [4.78, 5) is 27.7. The zero-order chi connectivity index (χ0) is 25.8. The standard InChI is InChI=1S/C28H43NO7/c1-8-29-13-26(4)10-9-19(33-6)28-17-11-16-18(32-5)12-27(34-7,20(17)22(16)35-14(2)30)21(25(28)29)23(24(26)28)36-15(3)31/h16-25H,8-13H2,1-7H3/t16-,17-,18+,19+,20-,21+,22+,23-,24-,25?,26+,27-,28+/m1/s1. The highest BCUT2D eigenvalue weighted by Gasteiger charge is 2.87. The topological polar surface area (TPSA) is 83.5 Å². The molecule has 202 valence electrons. The van der Waals surface area contributed by atoms with Crippen LogP contribution in [0.3, 0.4) is 0 Å². The monoisotopic (exact) mass is 505 g/mol. The third-order valence-corrected chi connectivity index (χ3v) is 11.8. The lowest BCUT2D eigenvalue weighted by molar-refractivity contribution is -0.277. The Morgan fingerprint density at radius 1 is 1.00 bits per heavy atom. The number of hydrogen-bond acceptors (Lipinski definition) is 8. The van der Waals surface area contributed by atoms with Crippen molar-refractivity contribution in [1.82, 2.24) is 4.90 Å². The van der Waals surface area contributed by atoms with E-state index in [1.807, 2.05) is 7.11 Å². The maximum absolute atomic E-state index is 12.7. The Morgan fingerprint density at radius 2 is 1.69 bits per heavy atom. The molecule has 8 heteroatoms. The molecule has 0 aromatic carbocycles.